The quantitative estimate of drug-likeness (QED) is 0.317. The van der Waals surface area contributed by atoms with Gasteiger partial charge in [0.15, 0.2) is 0 Å². The fraction of sp³-hybridized carbons (Fsp3) is 0.222. The Kier molecular flexibility index (Phi) is 7.58. The highest BCUT2D eigenvalue weighted by Gasteiger charge is 2.26. The van der Waals surface area contributed by atoms with Crippen molar-refractivity contribution in [2.75, 3.05) is 23.3 Å². The van der Waals surface area contributed by atoms with Gasteiger partial charge in [0.1, 0.15) is 0 Å². The average Bonchev–Trinajstić information content (AvgIpc) is 3.48. The zero-order valence-electron chi connectivity index (χ0n) is 23.2. The molecule has 3 aromatic rings. The highest BCUT2D eigenvalue weighted by atomic mass is 15.1. The summed E-state index contributed by atoms with van der Waals surface area (Å²) in [5.41, 5.74) is 10.8. The van der Waals surface area contributed by atoms with Gasteiger partial charge in [-0.05, 0) is 79.3 Å². The molecule has 6 rings (SSSR count). The smallest absolute Gasteiger partial charge is 0.0729 e. The average molecular weight is 529 g/mol. The molecule has 0 spiro atoms. The molecule has 3 aromatic carbocycles. The summed E-state index contributed by atoms with van der Waals surface area (Å²) in [7, 11) is 0. The summed E-state index contributed by atoms with van der Waals surface area (Å²) in [4.78, 5) is 12.4. The minimum absolute atomic E-state index is 0. The van der Waals surface area contributed by atoms with Crippen molar-refractivity contribution in [2.24, 2.45) is 15.9 Å². The van der Waals surface area contributed by atoms with Crippen LogP contribution in [0.5, 0.6) is 0 Å². The van der Waals surface area contributed by atoms with Gasteiger partial charge in [0, 0.05) is 57.1 Å². The zero-order valence-corrected chi connectivity index (χ0v) is 23.2. The number of nitrogens with zero attached hydrogens (tertiary/aromatic N) is 3. The molecule has 1 unspecified atom stereocenters. The van der Waals surface area contributed by atoms with Gasteiger partial charge in [-0.25, -0.2) is 0 Å². The third-order valence-electron chi connectivity index (χ3n) is 7.79. The normalized spacial score (nSPS) is 18.3. The third-order valence-corrected chi connectivity index (χ3v) is 7.79. The van der Waals surface area contributed by atoms with Crippen molar-refractivity contribution >= 4 is 40.3 Å². The van der Waals surface area contributed by atoms with Crippen LogP contribution in [0.1, 0.15) is 51.3 Å². The van der Waals surface area contributed by atoms with E-state index < -0.39 is 0 Å². The van der Waals surface area contributed by atoms with Crippen LogP contribution < -0.4 is 10.2 Å². The van der Waals surface area contributed by atoms with Crippen molar-refractivity contribution < 1.29 is 2.85 Å². The molecule has 0 bridgehead atoms. The van der Waals surface area contributed by atoms with Crippen LogP contribution >= 0.6 is 0 Å². The van der Waals surface area contributed by atoms with Gasteiger partial charge in [-0.1, -0.05) is 67.3 Å². The molecule has 3 heterocycles. The molecule has 0 amide bonds. The predicted octanol–water partition coefficient (Wildman–Crippen LogP) is 8.91. The van der Waals surface area contributed by atoms with Crippen LogP contribution in [0.25, 0.3) is 17.5 Å². The van der Waals surface area contributed by atoms with Crippen LogP contribution in [0.3, 0.4) is 0 Å². The van der Waals surface area contributed by atoms with Crippen molar-refractivity contribution in [1.82, 2.24) is 0 Å². The number of rotatable bonds is 8. The van der Waals surface area contributed by atoms with Crippen LogP contribution in [-0.2, 0) is 6.42 Å². The molecule has 1 fully saturated rings. The molecule has 0 saturated carbocycles. The number of fused-ring (bicyclic) bond motifs is 1. The second kappa shape index (κ2) is 11.7. The SMILES string of the molecule is C=C(Nc1cccc(/C=C\C)c1)c1cccc(C2=CC3C=CN=C3C(Cc3ccc(N4CCCCC4)cc3)=N2)c1.[HH].[HH]. The molecule has 1 atom stereocenters. The Morgan fingerprint density at radius 3 is 2.67 bits per heavy atom. The number of anilines is 2. The Hall–Kier alpha value is -4.44. The van der Waals surface area contributed by atoms with Gasteiger partial charge >= 0.3 is 0 Å². The van der Waals surface area contributed by atoms with Crippen LogP contribution in [0.4, 0.5) is 11.4 Å². The summed E-state index contributed by atoms with van der Waals surface area (Å²) in [6, 6.07) is 25.9. The summed E-state index contributed by atoms with van der Waals surface area (Å²) < 4.78 is 0. The lowest BCUT2D eigenvalue weighted by molar-refractivity contribution is 0.578. The van der Waals surface area contributed by atoms with E-state index in [-0.39, 0.29) is 8.77 Å². The summed E-state index contributed by atoms with van der Waals surface area (Å²) >= 11 is 0. The van der Waals surface area contributed by atoms with E-state index >= 15 is 0 Å². The number of benzene rings is 3. The maximum Gasteiger partial charge on any atom is 0.0729 e. The van der Waals surface area contributed by atoms with E-state index in [9.17, 15) is 0 Å². The lowest BCUT2D eigenvalue weighted by atomic mass is 9.91. The Morgan fingerprint density at radius 2 is 1.85 bits per heavy atom. The van der Waals surface area contributed by atoms with Crippen molar-refractivity contribution in [2.45, 2.75) is 32.6 Å². The van der Waals surface area contributed by atoms with Gasteiger partial charge in [-0.3, -0.25) is 9.98 Å². The van der Waals surface area contributed by atoms with E-state index in [0.29, 0.717) is 0 Å². The van der Waals surface area contributed by atoms with Crippen molar-refractivity contribution in [3.63, 3.8) is 0 Å². The molecule has 0 aliphatic carbocycles. The summed E-state index contributed by atoms with van der Waals surface area (Å²) in [6.07, 6.45) is 15.1. The summed E-state index contributed by atoms with van der Waals surface area (Å²) in [5.74, 6) is 0.162. The van der Waals surface area contributed by atoms with Crippen molar-refractivity contribution in [1.29, 1.82) is 0 Å². The van der Waals surface area contributed by atoms with E-state index in [1.54, 1.807) is 0 Å². The minimum Gasteiger partial charge on any atom is -0.372 e. The van der Waals surface area contributed by atoms with Gasteiger partial charge in [0.05, 0.1) is 17.1 Å². The number of nitrogens with one attached hydrogen (secondary N) is 1. The van der Waals surface area contributed by atoms with Crippen molar-refractivity contribution in [3.05, 3.63) is 126 Å². The van der Waals surface area contributed by atoms with E-state index in [1.807, 2.05) is 19.2 Å². The van der Waals surface area contributed by atoms with Gasteiger partial charge in [0.2, 0.25) is 0 Å². The number of hydrogen-bond donors (Lipinski definition) is 1. The molecule has 1 N–H and O–H groups in total. The molecule has 3 aliphatic heterocycles. The Labute approximate surface area is 240 Å². The first kappa shape index (κ1) is 25.8. The number of allylic oxidation sites excluding steroid dienone is 3. The number of aliphatic imine (C=N–C) groups is 2. The Balaban J connectivity index is 0.00000202. The minimum atomic E-state index is 0. The monoisotopic (exact) mass is 528 g/mol. The first-order valence-electron chi connectivity index (χ1n) is 14.3. The van der Waals surface area contributed by atoms with Crippen LogP contribution in [0, 0.1) is 5.92 Å². The maximum absolute atomic E-state index is 5.16. The molecular weight excluding hydrogens is 488 g/mol. The first-order chi connectivity index (χ1) is 19.7. The molecule has 40 heavy (non-hydrogen) atoms. The van der Waals surface area contributed by atoms with Gasteiger partial charge < -0.3 is 10.2 Å². The molecule has 0 radical (unpaired) electrons. The van der Waals surface area contributed by atoms with Crippen molar-refractivity contribution in [3.8, 4) is 0 Å². The Bertz CT molecular complexity index is 1560. The predicted molar refractivity (Wildman–Crippen MR) is 176 cm³/mol. The van der Waals surface area contributed by atoms with Gasteiger partial charge in [-0.15, -0.1) is 0 Å². The molecule has 4 nitrogen and oxygen atoms in total. The standard InChI is InChI=1S/C36H36N4.2H2/c1-3-9-27-10-7-13-32(22-27)38-26(2)29-11-8-12-30(24-29)34-25-31-18-19-37-36(31)35(39-34)23-28-14-16-33(17-15-28)40-20-5-4-6-21-40;;/h3,7-19,22,24-25,31,38H,2,4-6,20-21,23H2,1H3;2*1H/b9-3-;;. The van der Waals surface area contributed by atoms with E-state index in [0.717, 1.165) is 64.7 Å². The molecule has 0 aromatic heterocycles. The van der Waals surface area contributed by atoms with Gasteiger partial charge in [-0.2, -0.15) is 0 Å². The molecule has 4 heteroatoms. The first-order valence-corrected chi connectivity index (χ1v) is 14.3. The number of piperidine rings is 1. The summed E-state index contributed by atoms with van der Waals surface area (Å²) in [6.45, 7) is 8.68. The lowest BCUT2D eigenvalue weighted by Crippen LogP contribution is -2.29. The fourth-order valence-corrected chi connectivity index (χ4v) is 5.69. The highest BCUT2D eigenvalue weighted by molar-refractivity contribution is 6.46. The summed E-state index contributed by atoms with van der Waals surface area (Å²) in [5, 5.41) is 3.48. The van der Waals surface area contributed by atoms with E-state index in [4.69, 9.17) is 9.98 Å². The third kappa shape index (κ3) is 5.76. The van der Waals surface area contributed by atoms with E-state index in [2.05, 4.69) is 108 Å². The zero-order chi connectivity index (χ0) is 27.3. The van der Waals surface area contributed by atoms with E-state index in [1.165, 1.54) is 30.5 Å². The van der Waals surface area contributed by atoms with Crippen LogP contribution in [0.15, 0.2) is 114 Å². The topological polar surface area (TPSA) is 40.0 Å². The highest BCUT2D eigenvalue weighted by Crippen LogP contribution is 2.30. The van der Waals surface area contributed by atoms with Gasteiger partial charge in [0.25, 0.3) is 0 Å². The molecular formula is C36H40N4. The fourth-order valence-electron chi connectivity index (χ4n) is 5.69. The second-order valence-electron chi connectivity index (χ2n) is 10.7. The second-order valence-corrected chi connectivity index (χ2v) is 10.7. The largest absolute Gasteiger partial charge is 0.372 e. The molecule has 204 valence electrons. The molecule has 1 saturated heterocycles. The Morgan fingerprint density at radius 1 is 1.02 bits per heavy atom. The lowest BCUT2D eigenvalue weighted by Gasteiger charge is -2.29. The van der Waals surface area contributed by atoms with Crippen LogP contribution in [-0.4, -0.2) is 24.5 Å². The maximum atomic E-state index is 5.16. The number of hydrogen-bond acceptors (Lipinski definition) is 4. The molecule has 3 aliphatic rings. The van der Waals surface area contributed by atoms with Crippen LogP contribution in [0.2, 0.25) is 0 Å².